The zero-order valence-electron chi connectivity index (χ0n) is 15.5. The van der Waals surface area contributed by atoms with E-state index in [0.717, 1.165) is 5.56 Å². The molecule has 0 fully saturated rings. The van der Waals surface area contributed by atoms with Gasteiger partial charge in [0.2, 0.25) is 0 Å². The lowest BCUT2D eigenvalue weighted by atomic mass is 9.94. The van der Waals surface area contributed by atoms with Crippen LogP contribution in [0.2, 0.25) is 0 Å². The van der Waals surface area contributed by atoms with Gasteiger partial charge < -0.3 is 0 Å². The van der Waals surface area contributed by atoms with E-state index in [1.54, 1.807) is 0 Å². The fourth-order valence-corrected chi connectivity index (χ4v) is 3.40. The van der Waals surface area contributed by atoms with Gasteiger partial charge in [-0.3, -0.25) is 4.99 Å². The van der Waals surface area contributed by atoms with Gasteiger partial charge in [-0.15, -0.1) is 0 Å². The van der Waals surface area contributed by atoms with Crippen molar-refractivity contribution in [1.82, 2.24) is 0 Å². The molecule has 0 heterocycles. The maximum Gasteiger partial charge on any atom is 0.1000 e. The average molecular weight is 327 g/mol. The molecule has 0 radical (unpaired) electrons. The zero-order chi connectivity index (χ0) is 17.8. The van der Waals surface area contributed by atoms with Crippen LogP contribution in [0.25, 0.3) is 0 Å². The van der Waals surface area contributed by atoms with E-state index in [9.17, 15) is 0 Å². The molecule has 0 bridgehead atoms. The van der Waals surface area contributed by atoms with E-state index in [0.29, 0.717) is 0 Å². The second-order valence-corrected chi connectivity index (χ2v) is 6.93. The molecule has 126 valence electrons. The van der Waals surface area contributed by atoms with Crippen molar-refractivity contribution in [2.45, 2.75) is 33.7 Å². The summed E-state index contributed by atoms with van der Waals surface area (Å²) in [5.74, 6) is 0. The summed E-state index contributed by atoms with van der Waals surface area (Å²) in [5, 5.41) is 0. The smallest absolute Gasteiger partial charge is 0.1000 e. The maximum atomic E-state index is 4.97. The minimum absolute atomic E-state index is 0.0115. The molecule has 1 nitrogen and oxygen atoms in total. The Balaban J connectivity index is 2.08. The molecular formula is C24H25N. The first-order chi connectivity index (χ1) is 12.0. The molecule has 0 aliphatic heterocycles. The summed E-state index contributed by atoms with van der Waals surface area (Å²) in [6.07, 6.45) is 1.99. The minimum Gasteiger partial charge on any atom is -0.280 e. The van der Waals surface area contributed by atoms with Crippen LogP contribution in [-0.2, 0) is 0 Å². The summed E-state index contributed by atoms with van der Waals surface area (Å²) < 4.78 is 0. The molecule has 0 N–H and O–H groups in total. The lowest BCUT2D eigenvalue weighted by molar-refractivity contribution is 0.871. The number of aliphatic imine (C=N–C) groups is 1. The Morgan fingerprint density at radius 1 is 0.640 bits per heavy atom. The predicted octanol–water partition coefficient (Wildman–Crippen LogP) is 6.13. The van der Waals surface area contributed by atoms with Crippen LogP contribution in [0.1, 0.15) is 45.0 Å². The van der Waals surface area contributed by atoms with Crippen molar-refractivity contribution in [2.24, 2.45) is 4.99 Å². The van der Waals surface area contributed by atoms with Gasteiger partial charge in [0.05, 0.1) is 6.04 Å². The number of aryl methyl sites for hydroxylation is 4. The molecule has 0 atom stereocenters. The molecule has 3 aromatic rings. The van der Waals surface area contributed by atoms with Crippen LogP contribution < -0.4 is 0 Å². The van der Waals surface area contributed by atoms with Crippen molar-refractivity contribution in [3.8, 4) is 0 Å². The molecule has 1 heteroatoms. The molecule has 0 saturated heterocycles. The van der Waals surface area contributed by atoms with Gasteiger partial charge >= 0.3 is 0 Å². The summed E-state index contributed by atoms with van der Waals surface area (Å²) in [5.41, 5.74) is 8.72. The highest BCUT2D eigenvalue weighted by atomic mass is 14.8. The van der Waals surface area contributed by atoms with Crippen LogP contribution in [0, 0.1) is 27.7 Å². The Morgan fingerprint density at radius 2 is 1.08 bits per heavy atom. The maximum absolute atomic E-state index is 4.97. The molecule has 0 spiro atoms. The highest BCUT2D eigenvalue weighted by molar-refractivity contribution is 5.79. The van der Waals surface area contributed by atoms with E-state index >= 15 is 0 Å². The molecule has 3 aromatic carbocycles. The molecule has 0 amide bonds. The average Bonchev–Trinajstić information content (AvgIpc) is 2.54. The van der Waals surface area contributed by atoms with Crippen molar-refractivity contribution in [3.05, 3.63) is 106 Å². The van der Waals surface area contributed by atoms with Gasteiger partial charge in [0.1, 0.15) is 0 Å². The molecule has 0 aliphatic rings. The molecule has 0 unspecified atom stereocenters. The van der Waals surface area contributed by atoms with E-state index in [1.165, 1.54) is 33.4 Å². The van der Waals surface area contributed by atoms with Crippen LogP contribution in [0.3, 0.4) is 0 Å². The fourth-order valence-electron chi connectivity index (χ4n) is 3.40. The van der Waals surface area contributed by atoms with Gasteiger partial charge in [-0.2, -0.15) is 0 Å². The monoisotopic (exact) mass is 327 g/mol. The van der Waals surface area contributed by atoms with Crippen LogP contribution in [0.4, 0.5) is 0 Å². The largest absolute Gasteiger partial charge is 0.280 e. The standard InChI is InChI=1S/C24H25N/c1-17-10-18(2)13-22(12-17)24(23-14-19(3)11-20(4)15-23)25-16-21-8-6-5-7-9-21/h5-16,24H,1-4H3. The third kappa shape index (κ3) is 4.45. The van der Waals surface area contributed by atoms with Crippen molar-refractivity contribution in [2.75, 3.05) is 0 Å². The fraction of sp³-hybridized carbons (Fsp3) is 0.208. The summed E-state index contributed by atoms with van der Waals surface area (Å²) in [6.45, 7) is 8.60. The summed E-state index contributed by atoms with van der Waals surface area (Å²) >= 11 is 0. The van der Waals surface area contributed by atoms with E-state index in [1.807, 2.05) is 24.4 Å². The Morgan fingerprint density at radius 3 is 1.52 bits per heavy atom. The van der Waals surface area contributed by atoms with Crippen LogP contribution in [-0.4, -0.2) is 6.21 Å². The third-order valence-corrected chi connectivity index (χ3v) is 4.29. The van der Waals surface area contributed by atoms with Crippen molar-refractivity contribution >= 4 is 6.21 Å². The molecule has 0 aromatic heterocycles. The van der Waals surface area contributed by atoms with Gasteiger partial charge in [0.25, 0.3) is 0 Å². The topological polar surface area (TPSA) is 12.4 Å². The van der Waals surface area contributed by atoms with E-state index in [2.05, 4.69) is 76.2 Å². The van der Waals surface area contributed by atoms with E-state index in [4.69, 9.17) is 4.99 Å². The first-order valence-electron chi connectivity index (χ1n) is 8.76. The lowest BCUT2D eigenvalue weighted by Crippen LogP contribution is -2.01. The molecule has 0 saturated carbocycles. The van der Waals surface area contributed by atoms with Crippen LogP contribution in [0.15, 0.2) is 71.7 Å². The first-order valence-corrected chi connectivity index (χ1v) is 8.76. The van der Waals surface area contributed by atoms with E-state index in [-0.39, 0.29) is 6.04 Å². The molecule has 0 aliphatic carbocycles. The lowest BCUT2D eigenvalue weighted by Gasteiger charge is -2.17. The van der Waals surface area contributed by atoms with Crippen LogP contribution >= 0.6 is 0 Å². The number of rotatable bonds is 4. The quantitative estimate of drug-likeness (QED) is 0.511. The molecular weight excluding hydrogens is 302 g/mol. The number of hydrogen-bond acceptors (Lipinski definition) is 1. The highest BCUT2D eigenvalue weighted by Gasteiger charge is 2.14. The van der Waals surface area contributed by atoms with Gasteiger partial charge in [0.15, 0.2) is 0 Å². The molecule has 3 rings (SSSR count). The first kappa shape index (κ1) is 17.2. The Kier molecular flexibility index (Phi) is 5.14. The van der Waals surface area contributed by atoms with Crippen molar-refractivity contribution < 1.29 is 0 Å². The van der Waals surface area contributed by atoms with Crippen LogP contribution in [0.5, 0.6) is 0 Å². The second-order valence-electron chi connectivity index (χ2n) is 6.93. The summed E-state index contributed by atoms with van der Waals surface area (Å²) in [6, 6.07) is 23.7. The van der Waals surface area contributed by atoms with Gasteiger partial charge in [-0.05, 0) is 44.4 Å². The normalized spacial score (nSPS) is 11.4. The van der Waals surface area contributed by atoms with E-state index < -0.39 is 0 Å². The van der Waals surface area contributed by atoms with Crippen molar-refractivity contribution in [1.29, 1.82) is 0 Å². The minimum atomic E-state index is 0.0115. The highest BCUT2D eigenvalue weighted by Crippen LogP contribution is 2.29. The third-order valence-electron chi connectivity index (χ3n) is 4.29. The number of benzene rings is 3. The zero-order valence-corrected chi connectivity index (χ0v) is 15.5. The predicted molar refractivity (Wildman–Crippen MR) is 108 cm³/mol. The summed E-state index contributed by atoms with van der Waals surface area (Å²) in [7, 11) is 0. The number of nitrogens with zero attached hydrogens (tertiary/aromatic N) is 1. The SMILES string of the molecule is Cc1cc(C)cc(C(N=Cc2ccccc2)c2cc(C)cc(C)c2)c1. The Labute approximate surface area is 151 Å². The molecule has 25 heavy (non-hydrogen) atoms. The van der Waals surface area contributed by atoms with Gasteiger partial charge in [-0.25, -0.2) is 0 Å². The van der Waals surface area contributed by atoms with Gasteiger partial charge in [-0.1, -0.05) is 89.0 Å². The Hall–Kier alpha value is -2.67. The number of hydrogen-bond donors (Lipinski definition) is 0. The summed E-state index contributed by atoms with van der Waals surface area (Å²) in [4.78, 5) is 4.97. The van der Waals surface area contributed by atoms with Gasteiger partial charge in [0, 0.05) is 6.21 Å². The Bertz CT molecular complexity index is 799. The second kappa shape index (κ2) is 7.48. The van der Waals surface area contributed by atoms with Crippen molar-refractivity contribution in [3.63, 3.8) is 0 Å².